The molecule has 0 aromatic rings. The van der Waals surface area contributed by atoms with Crippen molar-refractivity contribution >= 4 is 0 Å². The van der Waals surface area contributed by atoms with Crippen LogP contribution in [0.25, 0.3) is 0 Å². The van der Waals surface area contributed by atoms with Crippen LogP contribution in [0.1, 0.15) is 0 Å². The van der Waals surface area contributed by atoms with Crippen LogP contribution in [0.2, 0.25) is 0 Å². The Morgan fingerprint density at radius 1 is 0.571 bits per heavy atom. The van der Waals surface area contributed by atoms with Crippen LogP contribution in [0.15, 0.2) is 0 Å². The summed E-state index contributed by atoms with van der Waals surface area (Å²) in [6.45, 7) is 0. The van der Waals surface area contributed by atoms with Gasteiger partial charge in [0, 0.05) is 76.8 Å². The first-order valence-electron chi connectivity index (χ1n) is 0. The summed E-state index contributed by atoms with van der Waals surface area (Å²) in [5.74, 6) is 0. The molecule has 4 nitrogen and oxygen atoms in total. The molecule has 0 aliphatic carbocycles. The fourth-order valence-electron chi connectivity index (χ4n) is 0. The van der Waals surface area contributed by atoms with Gasteiger partial charge in [-0.15, -0.1) is 0 Å². The Morgan fingerprint density at radius 2 is 0.571 bits per heavy atom. The summed E-state index contributed by atoms with van der Waals surface area (Å²) in [4.78, 5) is 0. The van der Waals surface area contributed by atoms with Crippen molar-refractivity contribution in [1.29, 1.82) is 0 Å². The van der Waals surface area contributed by atoms with Crippen LogP contribution in [0, 0.1) is 35.6 Å². The van der Waals surface area contributed by atoms with Gasteiger partial charge in [0.2, 0.25) is 0 Å². The van der Waals surface area contributed by atoms with Crippen molar-refractivity contribution in [2.75, 3.05) is 0 Å². The van der Waals surface area contributed by atoms with Gasteiger partial charge in [-0.2, -0.15) is 0 Å². The maximum atomic E-state index is 0. The molecule has 0 fully saturated rings. The van der Waals surface area contributed by atoms with Gasteiger partial charge in [0.1, 0.15) is 0 Å². The van der Waals surface area contributed by atoms with E-state index in [2.05, 4.69) is 0 Å². The second-order valence-electron chi connectivity index (χ2n) is 0. The van der Waals surface area contributed by atoms with Crippen molar-refractivity contribution < 1.29 is 98.7 Å². The predicted molar refractivity (Wildman–Crippen MR) is 14.5 cm³/mol. The minimum atomic E-state index is 0. The molecule has 0 saturated carbocycles. The Hall–Kier alpha value is 2.37. The van der Waals surface area contributed by atoms with E-state index < -0.39 is 0 Å². The van der Waals surface area contributed by atoms with Crippen LogP contribution in [0.5, 0.6) is 0 Å². The summed E-state index contributed by atoms with van der Waals surface area (Å²) in [5.41, 5.74) is 0. The van der Waals surface area contributed by atoms with Gasteiger partial charge in [-0.3, -0.25) is 0 Å². The largest absolute Gasteiger partial charge is 0.412 e. The van der Waals surface area contributed by atoms with Crippen LogP contribution in [-0.2, 0) is 41.2 Å². The van der Waals surface area contributed by atoms with Gasteiger partial charge in [0.05, 0.1) is 0 Å². The first-order chi connectivity index (χ1) is 0. The molecule has 41 valence electrons. The van der Waals surface area contributed by atoms with E-state index in [-0.39, 0.29) is 98.7 Å². The molecular formula is H8LaO4TiZn. The van der Waals surface area contributed by atoms with Gasteiger partial charge in [-0.25, -0.2) is 0 Å². The SMILES string of the molecule is O.O.O.O.[La].[Ti].[Zn]. The van der Waals surface area contributed by atoms with Crippen molar-refractivity contribution in [3.05, 3.63) is 0 Å². The van der Waals surface area contributed by atoms with Gasteiger partial charge in [0.25, 0.3) is 0 Å². The normalized spacial score (nSPS) is 0. The average molecular weight is 324 g/mol. The quantitative estimate of drug-likeness (QED) is 0.414. The Morgan fingerprint density at radius 3 is 0.571 bits per heavy atom. The van der Waals surface area contributed by atoms with Crippen molar-refractivity contribution in [2.45, 2.75) is 0 Å². The van der Waals surface area contributed by atoms with Crippen molar-refractivity contribution in [3.63, 3.8) is 0 Å². The molecule has 0 aliphatic rings. The average Bonchev–Trinajstić information content (AvgIpc) is 0. The van der Waals surface area contributed by atoms with E-state index >= 15 is 0 Å². The molecule has 0 saturated heterocycles. The fraction of sp³-hybridized carbons (Fsp3) is 0. The molecule has 7 heavy (non-hydrogen) atoms. The third kappa shape index (κ3) is 60.4. The molecular weight excluding hydrogens is 316 g/mol. The third-order valence-electron chi connectivity index (χ3n) is 0. The molecule has 0 amide bonds. The van der Waals surface area contributed by atoms with E-state index in [1.165, 1.54) is 0 Å². The first kappa shape index (κ1) is 117. The van der Waals surface area contributed by atoms with Gasteiger partial charge in [-0.1, -0.05) is 0 Å². The van der Waals surface area contributed by atoms with Crippen LogP contribution in [-0.4, -0.2) is 21.9 Å². The van der Waals surface area contributed by atoms with Gasteiger partial charge < -0.3 is 21.9 Å². The maximum absolute atomic E-state index is 0. The molecule has 0 aromatic carbocycles. The van der Waals surface area contributed by atoms with Crippen LogP contribution >= 0.6 is 0 Å². The van der Waals surface area contributed by atoms with E-state index in [1.54, 1.807) is 0 Å². The molecule has 0 atom stereocenters. The van der Waals surface area contributed by atoms with Crippen molar-refractivity contribution in [2.24, 2.45) is 0 Å². The Balaban J connectivity index is 0. The third-order valence-corrected chi connectivity index (χ3v) is 0. The minimum absolute atomic E-state index is 0. The molecule has 0 bridgehead atoms. The monoisotopic (exact) mass is 323 g/mol. The van der Waals surface area contributed by atoms with Crippen LogP contribution < -0.4 is 0 Å². The topological polar surface area (TPSA) is 126 Å². The molecule has 1 radical (unpaired) electrons. The molecule has 0 aromatic heterocycles. The van der Waals surface area contributed by atoms with E-state index in [0.717, 1.165) is 0 Å². The standard InChI is InChI=1S/La.4H2O.Ti.Zn/h;4*1H2;;. The second kappa shape index (κ2) is 80.8. The Bertz CT molecular complexity index is 11.7. The molecule has 0 heterocycles. The summed E-state index contributed by atoms with van der Waals surface area (Å²) < 4.78 is 0. The summed E-state index contributed by atoms with van der Waals surface area (Å²) in [7, 11) is 0. The molecule has 0 aliphatic heterocycles. The van der Waals surface area contributed by atoms with E-state index in [1.807, 2.05) is 0 Å². The van der Waals surface area contributed by atoms with Gasteiger partial charge in [0.15, 0.2) is 0 Å². The number of hydrogen-bond donors (Lipinski definition) is 0. The summed E-state index contributed by atoms with van der Waals surface area (Å²) >= 11 is 0. The van der Waals surface area contributed by atoms with Crippen LogP contribution in [0.3, 0.4) is 0 Å². The van der Waals surface area contributed by atoms with E-state index in [4.69, 9.17) is 0 Å². The molecule has 0 unspecified atom stereocenters. The minimum Gasteiger partial charge on any atom is -0.412 e. The predicted octanol–water partition coefficient (Wildman–Crippen LogP) is -3.30. The maximum Gasteiger partial charge on any atom is 0 e. The van der Waals surface area contributed by atoms with E-state index in [0.29, 0.717) is 0 Å². The summed E-state index contributed by atoms with van der Waals surface area (Å²) in [5, 5.41) is 0. The summed E-state index contributed by atoms with van der Waals surface area (Å²) in [6, 6.07) is 0. The molecule has 7 heteroatoms. The summed E-state index contributed by atoms with van der Waals surface area (Å²) in [6.07, 6.45) is 0. The first-order valence-corrected chi connectivity index (χ1v) is 0. The molecule has 8 N–H and O–H groups in total. The van der Waals surface area contributed by atoms with Gasteiger partial charge >= 0.3 is 0 Å². The smallest absolute Gasteiger partial charge is 0 e. The van der Waals surface area contributed by atoms with Crippen LogP contribution in [0.4, 0.5) is 0 Å². The Kier molecular flexibility index (Phi) is 1350. The van der Waals surface area contributed by atoms with Crippen molar-refractivity contribution in [1.82, 2.24) is 0 Å². The zero-order valence-corrected chi connectivity index (χ0v) is 11.9. The molecule has 0 rings (SSSR count). The number of hydrogen-bond acceptors (Lipinski definition) is 0. The fourth-order valence-corrected chi connectivity index (χ4v) is 0. The zero-order chi connectivity index (χ0) is 0. The molecule has 0 spiro atoms. The Labute approximate surface area is 97.3 Å². The second-order valence-corrected chi connectivity index (χ2v) is 0. The van der Waals surface area contributed by atoms with Gasteiger partial charge in [-0.05, 0) is 0 Å². The zero-order valence-electron chi connectivity index (χ0n) is 3.78. The van der Waals surface area contributed by atoms with Crippen molar-refractivity contribution in [3.8, 4) is 0 Å². The number of rotatable bonds is 0. The van der Waals surface area contributed by atoms with E-state index in [9.17, 15) is 0 Å².